The molecule has 1 atom stereocenters. The lowest BCUT2D eigenvalue weighted by Gasteiger charge is -2.26. The molecule has 0 aromatic heterocycles. The Morgan fingerprint density at radius 2 is 1.83 bits per heavy atom. The van der Waals surface area contributed by atoms with E-state index in [4.69, 9.17) is 0 Å². The summed E-state index contributed by atoms with van der Waals surface area (Å²) in [5, 5.41) is 0. The van der Waals surface area contributed by atoms with E-state index < -0.39 is 9.84 Å². The topological polar surface area (TPSA) is 37.4 Å². The first kappa shape index (κ1) is 17.1. The molecule has 5 heteroatoms. The quantitative estimate of drug-likeness (QED) is 0.831. The molecule has 0 unspecified atom stereocenters. The molecule has 1 saturated heterocycles. The number of nitrogens with zero attached hydrogens (tertiary/aromatic N) is 1. The van der Waals surface area contributed by atoms with Gasteiger partial charge in [0.25, 0.3) is 0 Å². The van der Waals surface area contributed by atoms with Crippen LogP contribution in [-0.4, -0.2) is 37.4 Å². The van der Waals surface area contributed by atoms with Crippen molar-refractivity contribution in [3.05, 3.63) is 59.9 Å². The lowest BCUT2D eigenvalue weighted by Crippen LogP contribution is -2.35. The maximum atomic E-state index is 13.9. The molecular formula is C19H22FNO2S. The van der Waals surface area contributed by atoms with E-state index in [1.807, 2.05) is 30.3 Å². The van der Waals surface area contributed by atoms with Crippen LogP contribution in [0.1, 0.15) is 18.9 Å². The molecule has 0 radical (unpaired) electrons. The number of rotatable bonds is 5. The molecule has 1 aliphatic rings. The van der Waals surface area contributed by atoms with Gasteiger partial charge in [-0.1, -0.05) is 49.4 Å². The predicted octanol–water partition coefficient (Wildman–Crippen LogP) is 3.50. The van der Waals surface area contributed by atoms with E-state index in [0.29, 0.717) is 24.3 Å². The second-order valence-corrected chi connectivity index (χ2v) is 8.53. The van der Waals surface area contributed by atoms with Crippen LogP contribution in [0.3, 0.4) is 0 Å². The fourth-order valence-corrected chi connectivity index (χ4v) is 5.04. The van der Waals surface area contributed by atoms with Gasteiger partial charge in [0.2, 0.25) is 0 Å². The molecule has 0 aliphatic carbocycles. The zero-order valence-electron chi connectivity index (χ0n) is 13.8. The van der Waals surface area contributed by atoms with Crippen molar-refractivity contribution in [3.8, 4) is 11.1 Å². The summed E-state index contributed by atoms with van der Waals surface area (Å²) in [5.41, 5.74) is 2.56. The minimum atomic E-state index is -2.87. The molecule has 0 amide bonds. The first-order valence-corrected chi connectivity index (χ1v) is 10.1. The molecule has 1 fully saturated rings. The molecule has 0 bridgehead atoms. The highest BCUT2D eigenvalue weighted by Crippen LogP contribution is 2.24. The standard InChI is InChI=1S/C19H22FNO2S/c1-2-21(17-11-12-24(22,23)14-17)13-15-7-9-16(10-8-15)18-5-3-4-6-19(18)20/h3-10,17H,2,11-14H2,1H3/t17-/m0/s1. The molecule has 1 heterocycles. The van der Waals surface area contributed by atoms with E-state index in [1.54, 1.807) is 12.1 Å². The Hall–Kier alpha value is -1.72. The first-order valence-electron chi connectivity index (χ1n) is 8.27. The van der Waals surface area contributed by atoms with Crippen molar-refractivity contribution in [3.63, 3.8) is 0 Å². The van der Waals surface area contributed by atoms with Crippen LogP contribution in [0.5, 0.6) is 0 Å². The SMILES string of the molecule is CCN(Cc1ccc(-c2ccccc2F)cc1)[C@H]1CCS(=O)(=O)C1. The van der Waals surface area contributed by atoms with Crippen LogP contribution in [0.25, 0.3) is 11.1 Å². The van der Waals surface area contributed by atoms with Crippen molar-refractivity contribution in [2.45, 2.75) is 25.9 Å². The third-order valence-corrected chi connectivity index (χ3v) is 6.41. The van der Waals surface area contributed by atoms with E-state index in [1.165, 1.54) is 6.07 Å². The highest BCUT2D eigenvalue weighted by molar-refractivity contribution is 7.91. The average Bonchev–Trinajstić information content (AvgIpc) is 2.93. The summed E-state index contributed by atoms with van der Waals surface area (Å²) in [7, 11) is -2.87. The van der Waals surface area contributed by atoms with Crippen molar-refractivity contribution >= 4 is 9.84 Å². The highest BCUT2D eigenvalue weighted by atomic mass is 32.2. The summed E-state index contributed by atoms with van der Waals surface area (Å²) in [6.07, 6.45) is 0.712. The predicted molar refractivity (Wildman–Crippen MR) is 95.0 cm³/mol. The van der Waals surface area contributed by atoms with E-state index in [0.717, 1.165) is 17.7 Å². The Kier molecular flexibility index (Phi) is 5.01. The maximum Gasteiger partial charge on any atom is 0.151 e. The van der Waals surface area contributed by atoms with Gasteiger partial charge in [-0.3, -0.25) is 4.90 Å². The first-order chi connectivity index (χ1) is 11.5. The Morgan fingerprint density at radius 3 is 2.42 bits per heavy atom. The van der Waals surface area contributed by atoms with Crippen LogP contribution in [0.2, 0.25) is 0 Å². The van der Waals surface area contributed by atoms with Crippen LogP contribution in [0.15, 0.2) is 48.5 Å². The summed E-state index contributed by atoms with van der Waals surface area (Å²) < 4.78 is 37.2. The highest BCUT2D eigenvalue weighted by Gasteiger charge is 2.31. The number of sulfone groups is 1. The molecule has 128 valence electrons. The van der Waals surface area contributed by atoms with Gasteiger partial charge < -0.3 is 0 Å². The molecule has 0 N–H and O–H groups in total. The van der Waals surface area contributed by atoms with Crippen molar-refractivity contribution in [2.75, 3.05) is 18.1 Å². The summed E-state index contributed by atoms with van der Waals surface area (Å²) in [5.74, 6) is 0.325. The Labute approximate surface area is 143 Å². The molecule has 2 aromatic rings. The monoisotopic (exact) mass is 347 g/mol. The molecule has 1 aliphatic heterocycles. The largest absolute Gasteiger partial charge is 0.295 e. The second kappa shape index (κ2) is 7.03. The van der Waals surface area contributed by atoms with Crippen LogP contribution in [0.4, 0.5) is 4.39 Å². The second-order valence-electron chi connectivity index (χ2n) is 6.30. The zero-order chi connectivity index (χ0) is 17.2. The lowest BCUT2D eigenvalue weighted by molar-refractivity contribution is 0.215. The van der Waals surface area contributed by atoms with Gasteiger partial charge in [0.05, 0.1) is 11.5 Å². The molecule has 0 saturated carbocycles. The summed E-state index contributed by atoms with van der Waals surface area (Å²) in [6, 6.07) is 14.7. The van der Waals surface area contributed by atoms with Gasteiger partial charge >= 0.3 is 0 Å². The summed E-state index contributed by atoms with van der Waals surface area (Å²) in [4.78, 5) is 2.21. The van der Waals surface area contributed by atoms with Crippen LogP contribution >= 0.6 is 0 Å². The minimum absolute atomic E-state index is 0.103. The maximum absolute atomic E-state index is 13.9. The van der Waals surface area contributed by atoms with Gasteiger partial charge in [-0.05, 0) is 30.2 Å². The van der Waals surface area contributed by atoms with Crippen molar-refractivity contribution in [2.24, 2.45) is 0 Å². The fourth-order valence-electron chi connectivity index (χ4n) is 3.28. The summed E-state index contributed by atoms with van der Waals surface area (Å²) in [6.45, 7) is 3.59. The van der Waals surface area contributed by atoms with Crippen LogP contribution in [0, 0.1) is 5.82 Å². The van der Waals surface area contributed by atoms with Gasteiger partial charge in [0, 0.05) is 18.2 Å². The number of hydrogen-bond acceptors (Lipinski definition) is 3. The minimum Gasteiger partial charge on any atom is -0.295 e. The number of halogens is 1. The van der Waals surface area contributed by atoms with Gasteiger partial charge in [-0.25, -0.2) is 12.8 Å². The zero-order valence-corrected chi connectivity index (χ0v) is 14.6. The van der Waals surface area contributed by atoms with Gasteiger partial charge in [-0.15, -0.1) is 0 Å². The Balaban J connectivity index is 1.73. The molecule has 24 heavy (non-hydrogen) atoms. The Morgan fingerprint density at radius 1 is 1.12 bits per heavy atom. The third kappa shape index (κ3) is 3.84. The van der Waals surface area contributed by atoms with Crippen molar-refractivity contribution < 1.29 is 12.8 Å². The van der Waals surface area contributed by atoms with Gasteiger partial charge in [-0.2, -0.15) is 0 Å². The normalized spacial score (nSPS) is 19.7. The number of hydrogen-bond donors (Lipinski definition) is 0. The molecule has 2 aromatic carbocycles. The number of benzene rings is 2. The average molecular weight is 347 g/mol. The van der Waals surface area contributed by atoms with Crippen molar-refractivity contribution in [1.29, 1.82) is 0 Å². The molecule has 3 nitrogen and oxygen atoms in total. The Bertz CT molecular complexity index is 802. The van der Waals surface area contributed by atoms with Crippen LogP contribution < -0.4 is 0 Å². The van der Waals surface area contributed by atoms with Gasteiger partial charge in [0.15, 0.2) is 9.84 Å². The lowest BCUT2D eigenvalue weighted by atomic mass is 10.0. The smallest absolute Gasteiger partial charge is 0.151 e. The molecule has 0 spiro atoms. The van der Waals surface area contributed by atoms with E-state index >= 15 is 0 Å². The van der Waals surface area contributed by atoms with Crippen molar-refractivity contribution in [1.82, 2.24) is 4.90 Å². The fraction of sp³-hybridized carbons (Fsp3) is 0.368. The molecule has 3 rings (SSSR count). The van der Waals surface area contributed by atoms with E-state index in [9.17, 15) is 12.8 Å². The summed E-state index contributed by atoms with van der Waals surface area (Å²) >= 11 is 0. The molecular weight excluding hydrogens is 325 g/mol. The third-order valence-electron chi connectivity index (χ3n) is 4.66. The van der Waals surface area contributed by atoms with Crippen LogP contribution in [-0.2, 0) is 16.4 Å². The van der Waals surface area contributed by atoms with Gasteiger partial charge in [0.1, 0.15) is 5.82 Å². The van der Waals surface area contributed by atoms with E-state index in [2.05, 4.69) is 11.8 Å². The van der Waals surface area contributed by atoms with E-state index in [-0.39, 0.29) is 17.6 Å².